The van der Waals surface area contributed by atoms with E-state index in [1.54, 1.807) is 0 Å². The molecule has 0 rings (SSSR count). The highest BCUT2D eigenvalue weighted by atomic mass is 35.5. The van der Waals surface area contributed by atoms with Crippen molar-refractivity contribution in [2.75, 3.05) is 24.6 Å². The van der Waals surface area contributed by atoms with Gasteiger partial charge >= 0.3 is 0 Å². The third kappa shape index (κ3) is 25.7. The molecule has 0 aromatic rings. The molecule has 0 saturated carbocycles. The van der Waals surface area contributed by atoms with Gasteiger partial charge in [-0.15, -0.1) is 7.88 Å². The minimum Gasteiger partial charge on any atom is -0.286 e. The molecule has 0 aliphatic heterocycles. The third-order valence-corrected chi connectivity index (χ3v) is 3.11. The van der Waals surface area contributed by atoms with Crippen LogP contribution >= 0.6 is 47.1 Å². The van der Waals surface area contributed by atoms with Gasteiger partial charge in [0.2, 0.25) is 0 Å². The molecule has 0 bridgehead atoms. The van der Waals surface area contributed by atoms with Crippen molar-refractivity contribution in [2.24, 2.45) is 0 Å². The van der Waals surface area contributed by atoms with Crippen LogP contribution in [0, 0.1) is 0 Å². The van der Waals surface area contributed by atoms with Crippen molar-refractivity contribution in [1.29, 1.82) is 0 Å². The fourth-order valence-corrected chi connectivity index (χ4v) is 1.93. The highest BCUT2D eigenvalue weighted by molar-refractivity contribution is 7.86. The fraction of sp³-hybridized carbons (Fsp3) is 1.00. The Morgan fingerprint density at radius 1 is 0.722 bits per heavy atom. The zero-order chi connectivity index (χ0) is 15.0. The van der Waals surface area contributed by atoms with Crippen molar-refractivity contribution in [2.45, 2.75) is 0 Å². The molecule has 0 unspecified atom stereocenters. The summed E-state index contributed by atoms with van der Waals surface area (Å²) in [6.45, 7) is -0.218. The van der Waals surface area contributed by atoms with E-state index in [9.17, 15) is 16.8 Å². The molecule has 0 radical (unpaired) electrons. The van der Waals surface area contributed by atoms with E-state index in [0.29, 0.717) is 7.88 Å². The number of halogens is 4. The van der Waals surface area contributed by atoms with Crippen LogP contribution in [-0.2, 0) is 20.2 Å². The smallest absolute Gasteiger partial charge is 0.266 e. The average Bonchev–Trinajstić information content (AvgIpc) is 2.10. The van der Waals surface area contributed by atoms with Crippen LogP contribution in [0.2, 0.25) is 0 Å². The van der Waals surface area contributed by atoms with Crippen molar-refractivity contribution >= 4 is 67.3 Å². The maximum absolute atomic E-state index is 9.95. The van der Waals surface area contributed by atoms with Gasteiger partial charge in [-0.05, 0) is 47.1 Å². The van der Waals surface area contributed by atoms with Crippen molar-refractivity contribution in [3.05, 3.63) is 0 Å². The number of hydrogen-bond donors (Lipinski definition) is 2. The summed E-state index contributed by atoms with van der Waals surface area (Å²) in [5, 5.41) is 0. The lowest BCUT2D eigenvalue weighted by Gasteiger charge is -1.99. The molecule has 0 amide bonds. The molecule has 8 nitrogen and oxygen atoms in total. The Kier molecular flexibility index (Phi) is 11.5. The monoisotopic (exact) mass is 386 g/mol. The van der Waals surface area contributed by atoms with Gasteiger partial charge in [-0.1, -0.05) is 0 Å². The van der Waals surface area contributed by atoms with E-state index in [2.05, 4.69) is 0 Å². The van der Waals surface area contributed by atoms with Crippen LogP contribution in [-0.4, -0.2) is 58.4 Å². The minimum atomic E-state index is -3.93. The topological polar surface area (TPSA) is 115 Å². The highest BCUT2D eigenvalue weighted by Crippen LogP contribution is 1.98. The van der Waals surface area contributed by atoms with Crippen LogP contribution in [0.1, 0.15) is 0 Å². The largest absolute Gasteiger partial charge is 0.286 e. The normalized spacial score (nSPS) is 12.4. The maximum atomic E-state index is 9.95. The first-order chi connectivity index (χ1) is 7.83. The Bertz CT molecular complexity index is 369. The molecular weight excluding hydrogens is 378 g/mol. The summed E-state index contributed by atoms with van der Waals surface area (Å²) in [6, 6.07) is 0. The van der Waals surface area contributed by atoms with Gasteiger partial charge in [-0.25, -0.2) is 0 Å². The summed E-state index contributed by atoms with van der Waals surface area (Å²) in [6.07, 6.45) is 0. The van der Waals surface area contributed by atoms with Gasteiger partial charge in [0.1, 0.15) is 0 Å². The predicted molar refractivity (Wildman–Crippen MR) is 69.7 cm³/mol. The Balaban J connectivity index is 0. The molecule has 14 heteroatoms. The molecule has 0 heterocycles. The van der Waals surface area contributed by atoms with Crippen LogP contribution in [0.3, 0.4) is 0 Å². The quantitative estimate of drug-likeness (QED) is 0.511. The van der Waals surface area contributed by atoms with Gasteiger partial charge in [0.05, 0.1) is 11.5 Å². The molecule has 0 aliphatic rings. The van der Waals surface area contributed by atoms with Gasteiger partial charge < -0.3 is 0 Å². The van der Waals surface area contributed by atoms with E-state index in [4.69, 9.17) is 56.2 Å². The van der Waals surface area contributed by atoms with E-state index >= 15 is 0 Å². The highest BCUT2D eigenvalue weighted by Gasteiger charge is 2.06. The summed E-state index contributed by atoms with van der Waals surface area (Å²) in [4.78, 5) is 0. The zero-order valence-electron chi connectivity index (χ0n) is 8.58. The van der Waals surface area contributed by atoms with Crippen molar-refractivity contribution in [3.63, 3.8) is 0 Å². The number of nitrogens with zero attached hydrogens (tertiary/aromatic N) is 2. The summed E-state index contributed by atoms with van der Waals surface area (Å²) < 4.78 is 57.2. The second-order valence-electron chi connectivity index (χ2n) is 2.63. The summed E-state index contributed by atoms with van der Waals surface area (Å²) >= 11 is 20.0. The SMILES string of the molecule is O=S(=O)(O)CCN(Cl)Cl.O=S(=O)(O)CCN(Cl)Cl. The molecule has 0 saturated heterocycles. The lowest BCUT2D eigenvalue weighted by Crippen LogP contribution is -2.14. The molecule has 0 aliphatic carbocycles. The maximum Gasteiger partial charge on any atom is 0.266 e. The van der Waals surface area contributed by atoms with E-state index in [1.165, 1.54) is 0 Å². The number of hydrogen-bond acceptors (Lipinski definition) is 6. The first kappa shape index (κ1) is 21.2. The lowest BCUT2D eigenvalue weighted by molar-refractivity contribution is 0.477. The second kappa shape index (κ2) is 9.75. The second-order valence-corrected chi connectivity index (χ2v) is 7.75. The molecule has 2 N–H and O–H groups in total. The minimum absolute atomic E-state index is 0.109. The first-order valence-electron chi connectivity index (χ1n) is 3.92. The molecule has 18 heavy (non-hydrogen) atoms. The van der Waals surface area contributed by atoms with E-state index in [1.807, 2.05) is 0 Å². The Labute approximate surface area is 125 Å². The molecule has 0 atom stereocenters. The summed E-state index contributed by atoms with van der Waals surface area (Å²) in [7, 11) is -7.86. The molecule has 112 valence electrons. The van der Waals surface area contributed by atoms with Crippen molar-refractivity contribution in [1.82, 2.24) is 7.88 Å². The van der Waals surface area contributed by atoms with Gasteiger partial charge in [-0.3, -0.25) is 9.11 Å². The van der Waals surface area contributed by atoms with E-state index in [-0.39, 0.29) is 13.1 Å². The predicted octanol–water partition coefficient (Wildman–Crippen LogP) is 0.968. The van der Waals surface area contributed by atoms with Gasteiger partial charge in [-0.2, -0.15) is 16.8 Å². The lowest BCUT2D eigenvalue weighted by atomic mass is 10.8. The fourth-order valence-electron chi connectivity index (χ4n) is 0.369. The zero-order valence-corrected chi connectivity index (χ0v) is 13.2. The van der Waals surface area contributed by atoms with Gasteiger partial charge in [0, 0.05) is 13.1 Å². The van der Waals surface area contributed by atoms with Crippen LogP contribution in [0.5, 0.6) is 0 Å². The Morgan fingerprint density at radius 2 is 0.944 bits per heavy atom. The first-order valence-corrected chi connectivity index (χ1v) is 8.49. The van der Waals surface area contributed by atoms with Crippen molar-refractivity contribution in [3.8, 4) is 0 Å². The van der Waals surface area contributed by atoms with Crippen LogP contribution in [0.4, 0.5) is 0 Å². The molecule has 0 aromatic heterocycles. The van der Waals surface area contributed by atoms with E-state index < -0.39 is 31.7 Å². The Morgan fingerprint density at radius 3 is 1.00 bits per heavy atom. The van der Waals surface area contributed by atoms with Crippen LogP contribution in [0.15, 0.2) is 0 Å². The van der Waals surface area contributed by atoms with E-state index in [0.717, 1.165) is 0 Å². The summed E-state index contributed by atoms with van der Waals surface area (Å²) in [5.74, 6) is -0.917. The number of rotatable bonds is 6. The standard InChI is InChI=1S/2C2H5Cl2NO3S/c2*3-5(4)1-2-9(6,7)8/h2*1-2H2,(H,6,7,8). The average molecular weight is 388 g/mol. The molecular formula is C4H10Cl4N2O6S2. The molecule has 0 aromatic carbocycles. The third-order valence-electron chi connectivity index (χ3n) is 1.04. The van der Waals surface area contributed by atoms with Gasteiger partial charge in [0.25, 0.3) is 20.2 Å². The van der Waals surface area contributed by atoms with Crippen molar-refractivity contribution < 1.29 is 25.9 Å². The van der Waals surface area contributed by atoms with Crippen LogP contribution < -0.4 is 0 Å². The summed E-state index contributed by atoms with van der Waals surface area (Å²) in [5.41, 5.74) is 0. The van der Waals surface area contributed by atoms with Gasteiger partial charge in [0.15, 0.2) is 0 Å². The molecule has 0 fully saturated rings. The molecule has 0 spiro atoms. The Hall–Kier alpha value is 0.900. The van der Waals surface area contributed by atoms with Crippen LogP contribution in [0.25, 0.3) is 0 Å².